The van der Waals surface area contributed by atoms with E-state index in [1.165, 1.54) is 0 Å². The number of H-pyrrole nitrogens is 1. The van der Waals surface area contributed by atoms with Crippen LogP contribution in [0.15, 0.2) is 36.5 Å². The van der Waals surface area contributed by atoms with Gasteiger partial charge in [0.1, 0.15) is 5.82 Å². The number of nitrogens with zero attached hydrogens (tertiary/aromatic N) is 2. The Balaban J connectivity index is 1.60. The first kappa shape index (κ1) is 18.9. The molecule has 3 aromatic rings. The predicted molar refractivity (Wildman–Crippen MR) is 107 cm³/mol. The Labute approximate surface area is 159 Å². The van der Waals surface area contributed by atoms with Crippen LogP contribution in [0.25, 0.3) is 22.2 Å². The van der Waals surface area contributed by atoms with Gasteiger partial charge in [-0.1, -0.05) is 31.0 Å². The van der Waals surface area contributed by atoms with E-state index in [4.69, 9.17) is 4.74 Å². The van der Waals surface area contributed by atoms with E-state index in [-0.39, 0.29) is 5.91 Å². The SMILES string of the molecule is CNC(=O)CCCCCCc1ncc(-c2cc3ccccc3nc2OC)[nH]1. The van der Waals surface area contributed by atoms with Gasteiger partial charge in [-0.3, -0.25) is 4.79 Å². The number of aromatic nitrogens is 3. The maximum absolute atomic E-state index is 11.2. The number of amides is 1. The van der Waals surface area contributed by atoms with Crippen molar-refractivity contribution in [2.24, 2.45) is 0 Å². The number of pyridine rings is 1. The standard InChI is InChI=1S/C21H26N4O2/c1-22-20(26)12-6-4-3-5-11-19-23-14-18(24-19)16-13-15-9-7-8-10-17(15)25-21(16)27-2/h7-10,13-14H,3-6,11-12H2,1-2H3,(H,22,26)(H,23,24). The van der Waals surface area contributed by atoms with E-state index in [0.29, 0.717) is 12.3 Å². The van der Waals surface area contributed by atoms with Crippen molar-refractivity contribution in [3.05, 3.63) is 42.4 Å². The predicted octanol–water partition coefficient (Wildman–Crippen LogP) is 3.87. The third-order valence-electron chi connectivity index (χ3n) is 4.65. The molecule has 2 heterocycles. The Hall–Kier alpha value is -2.89. The Kier molecular flexibility index (Phi) is 6.41. The Bertz CT molecular complexity index is 904. The second-order valence-electron chi connectivity index (χ2n) is 6.57. The van der Waals surface area contributed by atoms with E-state index in [9.17, 15) is 4.79 Å². The summed E-state index contributed by atoms with van der Waals surface area (Å²) in [5, 5.41) is 3.72. The average Bonchev–Trinajstić information content (AvgIpc) is 3.18. The Morgan fingerprint density at radius 3 is 2.81 bits per heavy atom. The fraction of sp³-hybridized carbons (Fsp3) is 0.381. The molecule has 1 aromatic carbocycles. The quantitative estimate of drug-likeness (QED) is 0.563. The number of aryl methyl sites for hydroxylation is 1. The summed E-state index contributed by atoms with van der Waals surface area (Å²) in [5.74, 6) is 1.67. The number of rotatable bonds is 9. The zero-order valence-electron chi connectivity index (χ0n) is 15.9. The molecule has 0 radical (unpaired) electrons. The van der Waals surface area contributed by atoms with E-state index >= 15 is 0 Å². The highest BCUT2D eigenvalue weighted by Gasteiger charge is 2.12. The molecule has 0 spiro atoms. The van der Waals surface area contributed by atoms with E-state index in [1.54, 1.807) is 14.2 Å². The molecule has 0 fully saturated rings. The molecule has 27 heavy (non-hydrogen) atoms. The zero-order valence-corrected chi connectivity index (χ0v) is 15.9. The van der Waals surface area contributed by atoms with Crippen molar-refractivity contribution in [1.82, 2.24) is 20.3 Å². The highest BCUT2D eigenvalue weighted by Crippen LogP contribution is 2.30. The summed E-state index contributed by atoms with van der Waals surface area (Å²) in [6, 6.07) is 10.1. The van der Waals surface area contributed by atoms with Crippen LogP contribution in [0, 0.1) is 0 Å². The minimum Gasteiger partial charge on any atom is -0.480 e. The number of methoxy groups -OCH3 is 1. The van der Waals surface area contributed by atoms with E-state index in [1.807, 2.05) is 30.5 Å². The van der Waals surface area contributed by atoms with Gasteiger partial charge in [0.15, 0.2) is 0 Å². The van der Waals surface area contributed by atoms with Crippen LogP contribution in [0.1, 0.15) is 37.9 Å². The van der Waals surface area contributed by atoms with Crippen molar-refractivity contribution in [2.75, 3.05) is 14.2 Å². The molecule has 2 N–H and O–H groups in total. The fourth-order valence-corrected chi connectivity index (χ4v) is 3.13. The van der Waals surface area contributed by atoms with Gasteiger partial charge in [-0.25, -0.2) is 9.97 Å². The molecule has 0 bridgehead atoms. The zero-order chi connectivity index (χ0) is 19.1. The van der Waals surface area contributed by atoms with Crippen molar-refractivity contribution in [3.63, 3.8) is 0 Å². The molecule has 3 rings (SSSR count). The third kappa shape index (κ3) is 4.84. The van der Waals surface area contributed by atoms with Crippen LogP contribution < -0.4 is 10.1 Å². The highest BCUT2D eigenvalue weighted by atomic mass is 16.5. The fourth-order valence-electron chi connectivity index (χ4n) is 3.13. The first-order chi connectivity index (χ1) is 13.2. The first-order valence-electron chi connectivity index (χ1n) is 9.40. The van der Waals surface area contributed by atoms with Gasteiger partial charge in [0.2, 0.25) is 11.8 Å². The topological polar surface area (TPSA) is 79.9 Å². The van der Waals surface area contributed by atoms with Gasteiger partial charge in [-0.05, 0) is 25.0 Å². The number of ether oxygens (including phenoxy) is 1. The number of unbranched alkanes of at least 4 members (excludes halogenated alkanes) is 3. The second kappa shape index (κ2) is 9.16. The molecule has 0 saturated heterocycles. The van der Waals surface area contributed by atoms with Gasteiger partial charge in [-0.2, -0.15) is 0 Å². The smallest absolute Gasteiger partial charge is 0.223 e. The number of nitrogens with one attached hydrogen (secondary N) is 2. The summed E-state index contributed by atoms with van der Waals surface area (Å²) in [5.41, 5.74) is 2.75. The number of fused-ring (bicyclic) bond motifs is 1. The van der Waals surface area contributed by atoms with Gasteiger partial charge in [-0.15, -0.1) is 0 Å². The van der Waals surface area contributed by atoms with E-state index in [0.717, 1.165) is 60.1 Å². The molecule has 0 saturated carbocycles. The molecule has 0 aliphatic carbocycles. The van der Waals surface area contributed by atoms with Crippen molar-refractivity contribution in [3.8, 4) is 17.1 Å². The molecule has 0 atom stereocenters. The van der Waals surface area contributed by atoms with Crippen molar-refractivity contribution >= 4 is 16.8 Å². The van der Waals surface area contributed by atoms with Crippen LogP contribution in [0.2, 0.25) is 0 Å². The van der Waals surface area contributed by atoms with Crippen LogP contribution >= 0.6 is 0 Å². The first-order valence-corrected chi connectivity index (χ1v) is 9.40. The number of aromatic amines is 1. The number of imidazole rings is 1. The minimum atomic E-state index is 0.114. The van der Waals surface area contributed by atoms with Gasteiger partial charge >= 0.3 is 0 Å². The maximum Gasteiger partial charge on any atom is 0.223 e. The lowest BCUT2D eigenvalue weighted by molar-refractivity contribution is -0.120. The number of carbonyl (C=O) groups is 1. The second-order valence-corrected chi connectivity index (χ2v) is 6.57. The molecular weight excluding hydrogens is 340 g/mol. The van der Waals surface area contributed by atoms with Crippen LogP contribution in [0.3, 0.4) is 0 Å². The van der Waals surface area contributed by atoms with Crippen molar-refractivity contribution in [2.45, 2.75) is 38.5 Å². The number of benzene rings is 1. The van der Waals surface area contributed by atoms with Gasteiger partial charge in [0.25, 0.3) is 0 Å². The van der Waals surface area contributed by atoms with Crippen LogP contribution in [-0.2, 0) is 11.2 Å². The number of hydrogen-bond acceptors (Lipinski definition) is 4. The van der Waals surface area contributed by atoms with Gasteiger partial charge < -0.3 is 15.0 Å². The lowest BCUT2D eigenvalue weighted by Gasteiger charge is -2.07. The summed E-state index contributed by atoms with van der Waals surface area (Å²) < 4.78 is 5.48. The summed E-state index contributed by atoms with van der Waals surface area (Å²) >= 11 is 0. The van der Waals surface area contributed by atoms with Gasteiger partial charge in [0, 0.05) is 25.3 Å². The molecule has 142 valence electrons. The minimum absolute atomic E-state index is 0.114. The highest BCUT2D eigenvalue weighted by molar-refractivity contribution is 5.85. The van der Waals surface area contributed by atoms with Gasteiger partial charge in [0.05, 0.1) is 30.1 Å². The summed E-state index contributed by atoms with van der Waals surface area (Å²) in [6.45, 7) is 0. The molecule has 0 aliphatic heterocycles. The molecule has 0 aliphatic rings. The van der Waals surface area contributed by atoms with E-state index in [2.05, 4.69) is 26.3 Å². The van der Waals surface area contributed by atoms with Crippen LogP contribution in [0.5, 0.6) is 5.88 Å². The Morgan fingerprint density at radius 2 is 2.00 bits per heavy atom. The normalized spacial score (nSPS) is 10.9. The molecule has 6 heteroatoms. The van der Waals surface area contributed by atoms with Crippen LogP contribution in [0.4, 0.5) is 0 Å². The van der Waals surface area contributed by atoms with Crippen LogP contribution in [-0.4, -0.2) is 35.0 Å². The molecule has 2 aromatic heterocycles. The van der Waals surface area contributed by atoms with Crippen molar-refractivity contribution in [1.29, 1.82) is 0 Å². The monoisotopic (exact) mass is 366 g/mol. The summed E-state index contributed by atoms with van der Waals surface area (Å²) in [7, 11) is 3.31. The molecular formula is C21H26N4O2. The maximum atomic E-state index is 11.2. The number of carbonyl (C=O) groups excluding carboxylic acids is 1. The molecule has 0 unspecified atom stereocenters. The average molecular weight is 366 g/mol. The molecule has 1 amide bonds. The number of para-hydroxylation sites is 1. The summed E-state index contributed by atoms with van der Waals surface area (Å²) in [4.78, 5) is 23.7. The number of hydrogen-bond donors (Lipinski definition) is 2. The lowest BCUT2D eigenvalue weighted by atomic mass is 10.1. The third-order valence-corrected chi connectivity index (χ3v) is 4.65. The Morgan fingerprint density at radius 1 is 1.19 bits per heavy atom. The van der Waals surface area contributed by atoms with Crippen molar-refractivity contribution < 1.29 is 9.53 Å². The van der Waals surface area contributed by atoms with E-state index < -0.39 is 0 Å². The lowest BCUT2D eigenvalue weighted by Crippen LogP contribution is -2.16. The largest absolute Gasteiger partial charge is 0.480 e. The molecule has 6 nitrogen and oxygen atoms in total. The summed E-state index contributed by atoms with van der Waals surface area (Å²) in [6.07, 6.45) is 7.48.